The number of aromatic carboxylic acids is 1. The molecule has 0 amide bonds. The largest absolute Gasteiger partial charge is 0.478 e. The number of piperazine rings is 1. The monoisotopic (exact) mass is 570 g/mol. The molecule has 1 aliphatic heterocycles. The Balaban J connectivity index is 1.55. The minimum Gasteiger partial charge on any atom is -0.478 e. The van der Waals surface area contributed by atoms with Crippen molar-refractivity contribution in [2.45, 2.75) is 46.1 Å². The smallest absolute Gasteiger partial charge is 0.338 e. The van der Waals surface area contributed by atoms with Crippen LogP contribution in [-0.2, 0) is 0 Å². The van der Waals surface area contributed by atoms with Crippen LogP contribution >= 0.6 is 11.6 Å². The van der Waals surface area contributed by atoms with Gasteiger partial charge in [0.15, 0.2) is 0 Å². The lowest BCUT2D eigenvalue weighted by molar-refractivity contribution is 0.0696. The van der Waals surface area contributed by atoms with Gasteiger partial charge in [-0.1, -0.05) is 55.6 Å². The van der Waals surface area contributed by atoms with E-state index in [0.29, 0.717) is 10.6 Å². The number of carboxylic acid groups (broad SMARTS) is 1. The third-order valence-corrected chi connectivity index (χ3v) is 8.49. The van der Waals surface area contributed by atoms with Gasteiger partial charge in [0, 0.05) is 65.6 Å². The fraction of sp³-hybridized carbons (Fsp3) is 0.324. The second-order valence-corrected chi connectivity index (χ2v) is 11.4. The van der Waals surface area contributed by atoms with Crippen molar-refractivity contribution in [3.05, 3.63) is 89.1 Å². The molecule has 0 saturated carbocycles. The summed E-state index contributed by atoms with van der Waals surface area (Å²) >= 11 is 6.26. The first-order chi connectivity index (χ1) is 19.8. The molecule has 0 aliphatic carbocycles. The molecule has 7 heteroatoms. The number of nitrogen functional groups attached to an aromatic ring is 1. The Kier molecular flexibility index (Phi) is 8.60. The van der Waals surface area contributed by atoms with Crippen molar-refractivity contribution in [3.8, 4) is 22.4 Å². The van der Waals surface area contributed by atoms with Crippen LogP contribution in [0.1, 0.15) is 55.2 Å². The highest BCUT2D eigenvalue weighted by atomic mass is 35.5. The molecule has 1 aliphatic rings. The van der Waals surface area contributed by atoms with Gasteiger partial charge >= 0.3 is 5.97 Å². The van der Waals surface area contributed by atoms with Gasteiger partial charge in [-0.25, -0.2) is 4.79 Å². The lowest BCUT2D eigenvalue weighted by Gasteiger charge is -2.37. The number of nitrogens with zero attached hydrogens (tertiary/aromatic N) is 3. The average Bonchev–Trinajstić information content (AvgIpc) is 3.30. The van der Waals surface area contributed by atoms with Crippen LogP contribution in [0.5, 0.6) is 0 Å². The molecule has 1 fully saturated rings. The Morgan fingerprint density at radius 2 is 1.56 bits per heavy atom. The standard InChI is InChI=1S/C34H39ClN4O2/c1-4-5-7-23(2)39-24(3)31(34(40)41)32(33(39)25-10-12-27(35)13-11-25)26-8-6-9-30(22-26)38-20-18-37(19-21-38)29-16-14-28(36)15-17-29/h6,8-17,22-23H,4-5,7,18-21,36H2,1-3H3,(H,40,41). The Morgan fingerprint density at radius 1 is 0.927 bits per heavy atom. The van der Waals surface area contributed by atoms with Crippen molar-refractivity contribution in [3.63, 3.8) is 0 Å². The predicted octanol–water partition coefficient (Wildman–Crippen LogP) is 8.14. The fourth-order valence-electron chi connectivity index (χ4n) is 6.09. The predicted molar refractivity (Wildman–Crippen MR) is 172 cm³/mol. The first kappa shape index (κ1) is 28.6. The molecule has 0 spiro atoms. The number of aromatic nitrogens is 1. The molecular weight excluding hydrogens is 532 g/mol. The van der Waals surface area contributed by atoms with Crippen molar-refractivity contribution in [2.24, 2.45) is 0 Å². The van der Waals surface area contributed by atoms with Gasteiger partial charge in [-0.2, -0.15) is 0 Å². The second-order valence-electron chi connectivity index (χ2n) is 11.0. The molecule has 214 valence electrons. The maximum Gasteiger partial charge on any atom is 0.338 e. The number of anilines is 3. The molecule has 1 saturated heterocycles. The summed E-state index contributed by atoms with van der Waals surface area (Å²) in [5.41, 5.74) is 13.7. The van der Waals surface area contributed by atoms with E-state index in [0.717, 1.165) is 84.9 Å². The minimum absolute atomic E-state index is 0.150. The highest BCUT2D eigenvalue weighted by molar-refractivity contribution is 6.30. The van der Waals surface area contributed by atoms with Crippen LogP contribution in [0.4, 0.5) is 17.1 Å². The Morgan fingerprint density at radius 3 is 2.17 bits per heavy atom. The van der Waals surface area contributed by atoms with E-state index in [2.05, 4.69) is 52.5 Å². The van der Waals surface area contributed by atoms with E-state index in [-0.39, 0.29) is 6.04 Å². The Hall–Kier alpha value is -3.90. The summed E-state index contributed by atoms with van der Waals surface area (Å²) in [6, 6.07) is 24.3. The molecule has 1 atom stereocenters. The highest BCUT2D eigenvalue weighted by Crippen LogP contribution is 2.43. The number of unbranched alkanes of at least 4 members (excludes halogenated alkanes) is 1. The fourth-order valence-corrected chi connectivity index (χ4v) is 6.21. The van der Waals surface area contributed by atoms with Crippen LogP contribution < -0.4 is 15.5 Å². The summed E-state index contributed by atoms with van der Waals surface area (Å²) in [6.45, 7) is 9.85. The quantitative estimate of drug-likeness (QED) is 0.199. The highest BCUT2D eigenvalue weighted by Gasteiger charge is 2.29. The zero-order valence-electron chi connectivity index (χ0n) is 24.1. The summed E-state index contributed by atoms with van der Waals surface area (Å²) in [5.74, 6) is -0.906. The number of nitrogens with two attached hydrogens (primary N) is 1. The van der Waals surface area contributed by atoms with E-state index in [1.54, 1.807) is 0 Å². The molecule has 3 N–H and O–H groups in total. The maximum absolute atomic E-state index is 12.8. The van der Waals surface area contributed by atoms with Gasteiger partial charge in [0.25, 0.3) is 0 Å². The lowest BCUT2D eigenvalue weighted by Crippen LogP contribution is -2.46. The maximum atomic E-state index is 12.8. The zero-order chi connectivity index (χ0) is 29.1. The molecule has 2 heterocycles. The van der Waals surface area contributed by atoms with E-state index in [4.69, 9.17) is 17.3 Å². The number of hydrogen-bond acceptors (Lipinski definition) is 4. The first-order valence-corrected chi connectivity index (χ1v) is 14.9. The molecule has 0 radical (unpaired) electrons. The van der Waals surface area contributed by atoms with E-state index in [1.165, 1.54) is 5.69 Å². The second kappa shape index (κ2) is 12.3. The third kappa shape index (κ3) is 5.94. The lowest BCUT2D eigenvalue weighted by atomic mass is 9.96. The number of halogens is 1. The van der Waals surface area contributed by atoms with Crippen LogP contribution in [0.15, 0.2) is 72.8 Å². The minimum atomic E-state index is -0.906. The first-order valence-electron chi connectivity index (χ1n) is 14.5. The summed E-state index contributed by atoms with van der Waals surface area (Å²) in [5, 5.41) is 11.2. The van der Waals surface area contributed by atoms with Gasteiger partial charge in [0.2, 0.25) is 0 Å². The van der Waals surface area contributed by atoms with Crippen LogP contribution in [0.2, 0.25) is 5.02 Å². The van der Waals surface area contributed by atoms with Gasteiger partial charge in [-0.3, -0.25) is 0 Å². The number of benzene rings is 3. The van der Waals surface area contributed by atoms with Crippen LogP contribution in [0, 0.1) is 6.92 Å². The summed E-state index contributed by atoms with van der Waals surface area (Å²) in [4.78, 5) is 17.6. The van der Waals surface area contributed by atoms with Gasteiger partial charge in [0.1, 0.15) is 0 Å². The Bertz CT molecular complexity index is 1500. The normalized spacial score (nSPS) is 14.3. The summed E-state index contributed by atoms with van der Waals surface area (Å²) < 4.78 is 2.23. The average molecular weight is 571 g/mol. The summed E-state index contributed by atoms with van der Waals surface area (Å²) in [7, 11) is 0. The molecule has 5 rings (SSSR count). The summed E-state index contributed by atoms with van der Waals surface area (Å²) in [6.07, 6.45) is 3.14. The molecule has 6 nitrogen and oxygen atoms in total. The van der Waals surface area contributed by atoms with E-state index in [9.17, 15) is 9.90 Å². The van der Waals surface area contributed by atoms with E-state index < -0.39 is 5.97 Å². The van der Waals surface area contributed by atoms with Crippen molar-refractivity contribution in [1.29, 1.82) is 0 Å². The Labute approximate surface area is 248 Å². The molecular formula is C34H39ClN4O2. The molecule has 0 bridgehead atoms. The van der Waals surface area contributed by atoms with Gasteiger partial charge in [-0.15, -0.1) is 0 Å². The molecule has 1 unspecified atom stereocenters. The molecule has 3 aromatic carbocycles. The molecule has 4 aromatic rings. The van der Waals surface area contributed by atoms with Crippen LogP contribution in [0.25, 0.3) is 22.4 Å². The number of carboxylic acids is 1. The van der Waals surface area contributed by atoms with Gasteiger partial charge < -0.3 is 25.2 Å². The topological polar surface area (TPSA) is 74.7 Å². The van der Waals surface area contributed by atoms with Crippen molar-refractivity contribution < 1.29 is 9.90 Å². The number of rotatable bonds is 9. The SMILES string of the molecule is CCCCC(C)n1c(C)c(C(=O)O)c(-c2cccc(N3CCN(c4ccc(N)cc4)CC3)c2)c1-c1ccc(Cl)cc1. The van der Waals surface area contributed by atoms with Crippen molar-refractivity contribution in [1.82, 2.24) is 4.57 Å². The molecule has 1 aromatic heterocycles. The zero-order valence-corrected chi connectivity index (χ0v) is 24.9. The van der Waals surface area contributed by atoms with Crippen molar-refractivity contribution >= 4 is 34.6 Å². The van der Waals surface area contributed by atoms with Crippen LogP contribution in [-0.4, -0.2) is 41.8 Å². The van der Waals surface area contributed by atoms with Gasteiger partial charge in [0.05, 0.1) is 11.3 Å². The van der Waals surface area contributed by atoms with Gasteiger partial charge in [-0.05, 0) is 79.9 Å². The van der Waals surface area contributed by atoms with Crippen LogP contribution in [0.3, 0.4) is 0 Å². The van der Waals surface area contributed by atoms with Crippen molar-refractivity contribution in [2.75, 3.05) is 41.7 Å². The third-order valence-electron chi connectivity index (χ3n) is 8.24. The number of hydrogen-bond donors (Lipinski definition) is 2. The van der Waals surface area contributed by atoms with E-state index in [1.807, 2.05) is 55.5 Å². The number of carbonyl (C=O) groups is 1. The molecule has 41 heavy (non-hydrogen) atoms. The van der Waals surface area contributed by atoms with E-state index >= 15 is 0 Å².